The van der Waals surface area contributed by atoms with Crippen LogP contribution in [0.15, 0.2) is 29.6 Å². The fraction of sp³-hybridized carbons (Fsp3) is 0.438. The molecule has 4 nitrogen and oxygen atoms in total. The molecule has 1 aromatic heterocycles. The number of aryl methyl sites for hydroxylation is 1. The number of hydrogen-bond acceptors (Lipinski definition) is 5. The molecule has 1 fully saturated rings. The van der Waals surface area contributed by atoms with Crippen molar-refractivity contribution in [2.75, 3.05) is 26.2 Å². The Hall–Kier alpha value is -1.34. The molecule has 2 heterocycles. The number of β-amino-alcohol motifs (C(OH)–C–C–N with tert-alkyl or cyclic N) is 1. The van der Waals surface area contributed by atoms with Gasteiger partial charge in [0.05, 0.1) is 12.7 Å². The summed E-state index contributed by atoms with van der Waals surface area (Å²) < 4.78 is 19.0. The lowest BCUT2D eigenvalue weighted by molar-refractivity contribution is -0.0425. The van der Waals surface area contributed by atoms with Gasteiger partial charge in [0.15, 0.2) is 0 Å². The van der Waals surface area contributed by atoms with E-state index < -0.39 is 6.10 Å². The maximum absolute atomic E-state index is 13.2. The highest BCUT2D eigenvalue weighted by molar-refractivity contribution is 7.09. The summed E-state index contributed by atoms with van der Waals surface area (Å²) in [4.78, 5) is 6.61. The number of thiazole rings is 1. The summed E-state index contributed by atoms with van der Waals surface area (Å²) in [5.41, 5.74) is 1.61. The Balaban J connectivity index is 1.62. The number of aromatic nitrogens is 1. The second-order valence-electron chi connectivity index (χ2n) is 5.52. The molecule has 1 aliphatic rings. The van der Waals surface area contributed by atoms with Gasteiger partial charge in [0.1, 0.15) is 16.9 Å². The minimum absolute atomic E-state index is 0.0489. The summed E-state index contributed by atoms with van der Waals surface area (Å²) in [5, 5.41) is 13.3. The molecule has 1 N–H and O–H groups in total. The van der Waals surface area contributed by atoms with Gasteiger partial charge in [-0.1, -0.05) is 12.1 Å². The molecule has 0 radical (unpaired) electrons. The molecule has 118 valence electrons. The summed E-state index contributed by atoms with van der Waals surface area (Å²) in [6.07, 6.45) is -0.750. The largest absolute Gasteiger partial charge is 0.387 e. The van der Waals surface area contributed by atoms with Gasteiger partial charge >= 0.3 is 0 Å². The second-order valence-corrected chi connectivity index (χ2v) is 6.41. The Morgan fingerprint density at radius 2 is 2.41 bits per heavy atom. The maximum atomic E-state index is 13.2. The molecule has 0 unspecified atom stereocenters. The zero-order valence-electron chi connectivity index (χ0n) is 12.4. The van der Waals surface area contributed by atoms with Crippen molar-refractivity contribution in [2.45, 2.75) is 19.1 Å². The van der Waals surface area contributed by atoms with Gasteiger partial charge in [-0.05, 0) is 24.6 Å². The van der Waals surface area contributed by atoms with E-state index in [9.17, 15) is 9.50 Å². The van der Waals surface area contributed by atoms with Crippen LogP contribution in [0.25, 0.3) is 0 Å². The van der Waals surface area contributed by atoms with Crippen LogP contribution in [0.3, 0.4) is 0 Å². The first-order chi connectivity index (χ1) is 10.6. The Labute approximate surface area is 133 Å². The molecular formula is C16H19FN2O2S. The lowest BCUT2D eigenvalue weighted by Crippen LogP contribution is -2.40. The third-order valence-corrected chi connectivity index (χ3v) is 4.78. The summed E-state index contributed by atoms with van der Waals surface area (Å²) >= 11 is 1.60. The quantitative estimate of drug-likeness (QED) is 0.940. The van der Waals surface area contributed by atoms with Crippen molar-refractivity contribution in [3.63, 3.8) is 0 Å². The van der Waals surface area contributed by atoms with Crippen molar-refractivity contribution < 1.29 is 14.2 Å². The fourth-order valence-corrected chi connectivity index (χ4v) is 3.44. The monoisotopic (exact) mass is 322 g/mol. The van der Waals surface area contributed by atoms with Gasteiger partial charge < -0.3 is 9.84 Å². The van der Waals surface area contributed by atoms with E-state index >= 15 is 0 Å². The van der Waals surface area contributed by atoms with Crippen LogP contribution in [-0.4, -0.2) is 41.2 Å². The molecule has 1 saturated heterocycles. The predicted octanol–water partition coefficient (Wildman–Crippen LogP) is 2.70. The van der Waals surface area contributed by atoms with Crippen LogP contribution in [0.4, 0.5) is 4.39 Å². The molecule has 2 atom stereocenters. The van der Waals surface area contributed by atoms with Gasteiger partial charge in [0.25, 0.3) is 0 Å². The summed E-state index contributed by atoms with van der Waals surface area (Å²) in [6, 6.07) is 6.13. The first-order valence-corrected chi connectivity index (χ1v) is 8.19. The van der Waals surface area contributed by atoms with Crippen LogP contribution in [0.2, 0.25) is 0 Å². The molecule has 1 aliphatic heterocycles. The first kappa shape index (κ1) is 15.6. The Morgan fingerprint density at radius 3 is 3.14 bits per heavy atom. The van der Waals surface area contributed by atoms with E-state index in [2.05, 4.69) is 9.88 Å². The number of aliphatic hydroxyl groups is 1. The fourth-order valence-electron chi connectivity index (χ4n) is 2.60. The molecule has 3 rings (SSSR count). The van der Waals surface area contributed by atoms with Crippen molar-refractivity contribution in [3.8, 4) is 0 Å². The Morgan fingerprint density at radius 1 is 1.55 bits per heavy atom. The number of nitrogens with zero attached hydrogens (tertiary/aromatic N) is 2. The highest BCUT2D eigenvalue weighted by Gasteiger charge is 2.25. The van der Waals surface area contributed by atoms with E-state index in [1.54, 1.807) is 23.5 Å². The van der Waals surface area contributed by atoms with Crippen molar-refractivity contribution >= 4 is 11.3 Å². The zero-order chi connectivity index (χ0) is 15.5. The number of benzene rings is 1. The molecular weight excluding hydrogens is 303 g/mol. The van der Waals surface area contributed by atoms with Crippen LogP contribution < -0.4 is 0 Å². The molecule has 0 bridgehead atoms. The van der Waals surface area contributed by atoms with E-state index in [4.69, 9.17) is 4.74 Å². The molecule has 0 spiro atoms. The number of ether oxygens (including phenoxy) is 1. The number of hydrogen-bond donors (Lipinski definition) is 1. The van der Waals surface area contributed by atoms with E-state index in [1.807, 2.05) is 12.3 Å². The SMILES string of the molecule is Cc1csc([C@@H]2CN(C[C@H](O)c3cccc(F)c3)CCO2)n1. The van der Waals surface area contributed by atoms with Gasteiger partial charge in [-0.2, -0.15) is 0 Å². The topological polar surface area (TPSA) is 45.6 Å². The molecule has 0 saturated carbocycles. The number of morpholine rings is 1. The van der Waals surface area contributed by atoms with Gasteiger partial charge in [0.2, 0.25) is 0 Å². The zero-order valence-corrected chi connectivity index (χ0v) is 13.2. The van der Waals surface area contributed by atoms with Crippen molar-refractivity contribution in [1.29, 1.82) is 0 Å². The molecule has 6 heteroatoms. The number of rotatable bonds is 4. The highest BCUT2D eigenvalue weighted by atomic mass is 32.1. The number of aliphatic hydroxyl groups excluding tert-OH is 1. The average molecular weight is 322 g/mol. The van der Waals surface area contributed by atoms with Crippen molar-refractivity contribution in [1.82, 2.24) is 9.88 Å². The lowest BCUT2D eigenvalue weighted by Gasteiger charge is -2.33. The van der Waals surface area contributed by atoms with Crippen molar-refractivity contribution in [2.24, 2.45) is 0 Å². The third-order valence-electron chi connectivity index (χ3n) is 3.73. The smallest absolute Gasteiger partial charge is 0.123 e. The average Bonchev–Trinajstić information content (AvgIpc) is 2.94. The highest BCUT2D eigenvalue weighted by Crippen LogP contribution is 2.26. The van der Waals surface area contributed by atoms with E-state index in [0.29, 0.717) is 25.3 Å². The standard InChI is InChI=1S/C16H19FN2O2S/c1-11-10-22-16(18-11)15-9-19(5-6-21-15)8-14(20)12-3-2-4-13(17)7-12/h2-4,7,10,14-15,20H,5-6,8-9H2,1H3/t14-,15-/m0/s1. The lowest BCUT2D eigenvalue weighted by atomic mass is 10.1. The van der Waals surface area contributed by atoms with Crippen LogP contribution in [0.5, 0.6) is 0 Å². The summed E-state index contributed by atoms with van der Waals surface area (Å²) in [6.45, 7) is 4.49. The van der Waals surface area contributed by atoms with Gasteiger partial charge in [-0.25, -0.2) is 9.37 Å². The van der Waals surface area contributed by atoms with Gasteiger partial charge in [-0.15, -0.1) is 11.3 Å². The van der Waals surface area contributed by atoms with Crippen molar-refractivity contribution in [3.05, 3.63) is 51.7 Å². The first-order valence-electron chi connectivity index (χ1n) is 7.31. The van der Waals surface area contributed by atoms with Crippen LogP contribution in [0.1, 0.15) is 28.5 Å². The van der Waals surface area contributed by atoms with E-state index in [-0.39, 0.29) is 11.9 Å². The molecule has 0 aliphatic carbocycles. The number of halogens is 1. The Kier molecular flexibility index (Phi) is 4.83. The maximum Gasteiger partial charge on any atom is 0.123 e. The Bertz CT molecular complexity index is 634. The normalized spacial score (nSPS) is 21.0. The molecule has 2 aromatic rings. The summed E-state index contributed by atoms with van der Waals surface area (Å²) in [7, 11) is 0. The van der Waals surface area contributed by atoms with Gasteiger partial charge in [-0.3, -0.25) is 4.90 Å². The van der Waals surface area contributed by atoms with Crippen LogP contribution in [0, 0.1) is 12.7 Å². The molecule has 22 heavy (non-hydrogen) atoms. The molecule has 1 aromatic carbocycles. The minimum atomic E-state index is -0.701. The van der Waals surface area contributed by atoms with Gasteiger partial charge in [0, 0.05) is 30.7 Å². The van der Waals surface area contributed by atoms with E-state index in [1.165, 1.54) is 12.1 Å². The minimum Gasteiger partial charge on any atom is -0.387 e. The summed E-state index contributed by atoms with van der Waals surface area (Å²) in [5.74, 6) is -0.324. The second kappa shape index (κ2) is 6.83. The third kappa shape index (κ3) is 3.70. The van der Waals surface area contributed by atoms with Crippen LogP contribution >= 0.6 is 11.3 Å². The van der Waals surface area contributed by atoms with Crippen LogP contribution in [-0.2, 0) is 4.74 Å². The van der Waals surface area contributed by atoms with E-state index in [0.717, 1.165) is 17.2 Å². The molecule has 0 amide bonds. The predicted molar refractivity (Wildman–Crippen MR) is 83.3 cm³/mol.